The van der Waals surface area contributed by atoms with Crippen molar-refractivity contribution in [3.63, 3.8) is 0 Å². The third kappa shape index (κ3) is 3.19. The van der Waals surface area contributed by atoms with E-state index in [1.54, 1.807) is 6.26 Å². The molecular weight excluding hydrogens is 292 g/mol. The Labute approximate surface area is 136 Å². The van der Waals surface area contributed by atoms with E-state index in [0.717, 1.165) is 17.1 Å². The van der Waals surface area contributed by atoms with Crippen molar-refractivity contribution in [3.05, 3.63) is 42.7 Å². The first kappa shape index (κ1) is 17.0. The second-order valence-corrected chi connectivity index (χ2v) is 10.8. The third-order valence-electron chi connectivity index (χ3n) is 4.11. The Morgan fingerprint density at radius 1 is 0.818 bits per heavy atom. The van der Waals surface area contributed by atoms with Gasteiger partial charge in [0.25, 0.3) is 0 Å². The van der Waals surface area contributed by atoms with E-state index in [1.807, 2.05) is 12.1 Å². The van der Waals surface area contributed by atoms with Crippen LogP contribution in [0.1, 0.15) is 41.5 Å². The van der Waals surface area contributed by atoms with Gasteiger partial charge in [0.15, 0.2) is 0 Å². The van der Waals surface area contributed by atoms with Crippen molar-refractivity contribution in [1.82, 2.24) is 0 Å². The summed E-state index contributed by atoms with van der Waals surface area (Å²) in [5.74, 6) is 1.85. The van der Waals surface area contributed by atoms with Gasteiger partial charge in [0.1, 0.15) is 11.5 Å². The maximum Gasteiger partial charge on any atom is 0.134 e. The summed E-state index contributed by atoms with van der Waals surface area (Å²) in [6.45, 7) is 13.7. The predicted molar refractivity (Wildman–Crippen MR) is 97.8 cm³/mol. The van der Waals surface area contributed by atoms with E-state index >= 15 is 0 Å². The van der Waals surface area contributed by atoms with Crippen LogP contribution in [0.5, 0.6) is 5.75 Å². The van der Waals surface area contributed by atoms with Crippen molar-refractivity contribution < 1.29 is 8.60 Å². The van der Waals surface area contributed by atoms with Crippen LogP contribution in [0.3, 0.4) is 0 Å². The molecule has 2 rings (SSSR count). The van der Waals surface area contributed by atoms with E-state index in [0.29, 0.717) is 15.7 Å². The van der Waals surface area contributed by atoms with Gasteiger partial charge in [0.2, 0.25) is 0 Å². The summed E-state index contributed by atoms with van der Waals surface area (Å²) < 4.78 is 12.1. The van der Waals surface area contributed by atoms with Gasteiger partial charge in [-0.05, 0) is 36.4 Å². The van der Waals surface area contributed by atoms with Gasteiger partial charge in [-0.15, -0.1) is 0 Å². The number of rotatable bonds is 6. The van der Waals surface area contributed by atoms with E-state index < -0.39 is 10.3 Å². The van der Waals surface area contributed by atoms with Crippen LogP contribution in [0.25, 0.3) is 11.3 Å². The molecule has 0 radical (unpaired) electrons. The standard InChI is InChI=1S/C19H28O2S/c1-14(2)22(15(3)4,16(5)6)21-18-11-9-17(10-12-18)19-8-7-13-20-19/h7-16H,1-6H3. The maximum atomic E-state index is 6.61. The predicted octanol–water partition coefficient (Wildman–Crippen LogP) is 6.27. The molecule has 0 bridgehead atoms. The quantitative estimate of drug-likeness (QED) is 0.626. The van der Waals surface area contributed by atoms with Crippen molar-refractivity contribution in [1.29, 1.82) is 0 Å². The number of furan rings is 1. The minimum Gasteiger partial charge on any atom is -0.464 e. The van der Waals surface area contributed by atoms with Crippen LogP contribution in [0.15, 0.2) is 47.1 Å². The number of hydrogen-bond acceptors (Lipinski definition) is 2. The zero-order valence-electron chi connectivity index (χ0n) is 14.5. The second-order valence-electron chi connectivity index (χ2n) is 6.43. The van der Waals surface area contributed by atoms with Gasteiger partial charge in [-0.1, -0.05) is 51.9 Å². The lowest BCUT2D eigenvalue weighted by atomic mass is 10.2. The highest BCUT2D eigenvalue weighted by Crippen LogP contribution is 2.60. The molecule has 0 aliphatic rings. The normalized spacial score (nSPS) is 13.1. The fourth-order valence-electron chi connectivity index (χ4n) is 3.21. The van der Waals surface area contributed by atoms with Crippen LogP contribution in [0.4, 0.5) is 0 Å². The topological polar surface area (TPSA) is 22.4 Å². The molecule has 1 aromatic carbocycles. The van der Waals surface area contributed by atoms with E-state index in [-0.39, 0.29) is 0 Å². The highest BCUT2D eigenvalue weighted by atomic mass is 32.3. The van der Waals surface area contributed by atoms with Gasteiger partial charge in [-0.2, -0.15) is 0 Å². The average Bonchev–Trinajstić information content (AvgIpc) is 2.98. The zero-order chi connectivity index (χ0) is 16.3. The molecule has 0 N–H and O–H groups in total. The first-order chi connectivity index (χ1) is 10.4. The molecule has 22 heavy (non-hydrogen) atoms. The molecule has 0 atom stereocenters. The van der Waals surface area contributed by atoms with Crippen LogP contribution in [-0.4, -0.2) is 15.7 Å². The number of benzene rings is 1. The molecule has 122 valence electrons. The zero-order valence-corrected chi connectivity index (χ0v) is 15.3. The van der Waals surface area contributed by atoms with Crippen molar-refractivity contribution >= 4 is 10.3 Å². The Hall–Kier alpha value is -1.35. The molecule has 0 aliphatic carbocycles. The van der Waals surface area contributed by atoms with Crippen molar-refractivity contribution in [2.75, 3.05) is 0 Å². The molecule has 0 aliphatic heterocycles. The third-order valence-corrected chi connectivity index (χ3v) is 9.01. The first-order valence-electron chi connectivity index (χ1n) is 8.01. The molecule has 0 saturated carbocycles. The largest absolute Gasteiger partial charge is 0.464 e. The second kappa shape index (κ2) is 6.82. The summed E-state index contributed by atoms with van der Waals surface area (Å²) in [5, 5.41) is 1.58. The van der Waals surface area contributed by atoms with Crippen LogP contribution >= 0.6 is 10.3 Å². The van der Waals surface area contributed by atoms with Crippen LogP contribution in [-0.2, 0) is 0 Å². The van der Waals surface area contributed by atoms with Gasteiger partial charge in [0.05, 0.1) is 6.26 Å². The minimum atomic E-state index is -1.19. The van der Waals surface area contributed by atoms with E-state index in [9.17, 15) is 0 Å². The summed E-state index contributed by atoms with van der Waals surface area (Å²) in [7, 11) is -1.19. The van der Waals surface area contributed by atoms with Gasteiger partial charge < -0.3 is 8.60 Å². The first-order valence-corrected chi connectivity index (χ1v) is 9.76. The summed E-state index contributed by atoms with van der Waals surface area (Å²) in [4.78, 5) is 0. The molecule has 0 amide bonds. The van der Waals surface area contributed by atoms with Crippen molar-refractivity contribution in [2.24, 2.45) is 0 Å². The van der Waals surface area contributed by atoms with Gasteiger partial charge in [0, 0.05) is 21.3 Å². The lowest BCUT2D eigenvalue weighted by molar-refractivity contribution is 0.579. The maximum absolute atomic E-state index is 6.61. The van der Waals surface area contributed by atoms with Gasteiger partial charge in [-0.25, -0.2) is 0 Å². The molecule has 0 saturated heterocycles. The molecule has 0 fully saturated rings. The summed E-state index contributed by atoms with van der Waals surface area (Å²) >= 11 is 0. The Bertz CT molecular complexity index is 546. The summed E-state index contributed by atoms with van der Waals surface area (Å²) in [6, 6.07) is 12.1. The number of hydrogen-bond donors (Lipinski definition) is 0. The van der Waals surface area contributed by atoms with Crippen LogP contribution in [0, 0.1) is 0 Å². The Kier molecular flexibility index (Phi) is 5.28. The smallest absolute Gasteiger partial charge is 0.134 e. The Balaban J connectivity index is 2.27. The average molecular weight is 320 g/mol. The van der Waals surface area contributed by atoms with E-state index in [2.05, 4.69) is 65.8 Å². The summed E-state index contributed by atoms with van der Waals surface area (Å²) in [5.41, 5.74) is 1.08. The molecule has 3 heteroatoms. The molecule has 1 aromatic heterocycles. The SMILES string of the molecule is CC(C)S(Oc1ccc(-c2ccco2)cc1)(C(C)C)C(C)C. The molecule has 0 spiro atoms. The highest BCUT2D eigenvalue weighted by molar-refractivity contribution is 8.31. The molecule has 0 unspecified atom stereocenters. The highest BCUT2D eigenvalue weighted by Gasteiger charge is 2.37. The fourth-order valence-corrected chi connectivity index (χ4v) is 7.49. The molecule has 1 heterocycles. The Morgan fingerprint density at radius 2 is 1.36 bits per heavy atom. The Morgan fingerprint density at radius 3 is 1.77 bits per heavy atom. The summed E-state index contributed by atoms with van der Waals surface area (Å²) in [6.07, 6.45) is 1.70. The van der Waals surface area contributed by atoms with Crippen molar-refractivity contribution in [2.45, 2.75) is 57.3 Å². The molecular formula is C19H28O2S. The van der Waals surface area contributed by atoms with Crippen molar-refractivity contribution in [3.8, 4) is 17.1 Å². The van der Waals surface area contributed by atoms with Crippen LogP contribution in [0.2, 0.25) is 0 Å². The van der Waals surface area contributed by atoms with Crippen LogP contribution < -0.4 is 4.18 Å². The minimum absolute atomic E-state index is 0.525. The molecule has 2 nitrogen and oxygen atoms in total. The van der Waals surface area contributed by atoms with Gasteiger partial charge >= 0.3 is 0 Å². The lowest BCUT2D eigenvalue weighted by Gasteiger charge is -2.50. The van der Waals surface area contributed by atoms with Gasteiger partial charge in [-0.3, -0.25) is 0 Å². The fraction of sp³-hybridized carbons (Fsp3) is 0.474. The monoisotopic (exact) mass is 320 g/mol. The van der Waals surface area contributed by atoms with E-state index in [1.165, 1.54) is 0 Å². The molecule has 2 aromatic rings. The lowest BCUT2D eigenvalue weighted by Crippen LogP contribution is -2.32. The van der Waals surface area contributed by atoms with E-state index in [4.69, 9.17) is 8.60 Å².